The van der Waals surface area contributed by atoms with Crippen LogP contribution < -0.4 is 54.8 Å². The largest absolute Gasteiger partial charge is 0.414 e. The molecule has 1 aromatic rings. The Morgan fingerprint density at radius 1 is 0.702 bits per heavy atom. The van der Waals surface area contributed by atoms with Gasteiger partial charge in [0.2, 0.25) is 0 Å². The van der Waals surface area contributed by atoms with Crippen LogP contribution in [0.4, 0.5) is 0 Å². The van der Waals surface area contributed by atoms with E-state index in [1.54, 1.807) is 18.6 Å². The zero-order valence-electron chi connectivity index (χ0n) is 33.5. The highest BCUT2D eigenvalue weighted by molar-refractivity contribution is 5.86. The standard InChI is InChI=1S/C8H11N3O.2C7H14N2O.C6H12N2O.C5H10N2O.C5H9NO2/c1-6(8(12)9-2)3-7-4-10-5-11-7;1-6(4-3-5-8)7(10)9-2;1-3-4-5-6(8)7(10)9-2;1-5(3-4-7)6(9)8-2;1-4(3-6)5(8)7-2;1-4(3-7)5(8)6-2/h4-5H,1-3,9H2,(H,10,11);1-5,8-9H2;3,6H,1-2,4-5,8-9H2;1-4,7-8H2;1-3,6-7H2;7H,1-3,6H2. The first-order valence-corrected chi connectivity index (χ1v) is 17.3. The van der Waals surface area contributed by atoms with E-state index in [1.165, 1.54) is 26.6 Å². The van der Waals surface area contributed by atoms with Gasteiger partial charge in [0.25, 0.3) is 0 Å². The minimum absolute atomic E-state index is 0.0755. The van der Waals surface area contributed by atoms with E-state index in [-0.39, 0.29) is 54.2 Å². The molecule has 0 aliphatic rings. The first-order chi connectivity index (χ1) is 26.8. The molecule has 0 saturated carbocycles. The van der Waals surface area contributed by atoms with Crippen LogP contribution in [0.5, 0.6) is 0 Å². The number of imidazole rings is 1. The lowest BCUT2D eigenvalue weighted by atomic mass is 10.1. The van der Waals surface area contributed by atoms with Gasteiger partial charge >= 0.3 is 35.4 Å². The Bertz CT molecular complexity index is 1340. The Labute approximate surface area is 338 Å². The third-order valence-corrected chi connectivity index (χ3v) is 6.44. The topological polar surface area (TPSA) is 355 Å². The molecular weight excluding hydrogens is 736 g/mol. The highest BCUT2D eigenvalue weighted by Crippen LogP contribution is 2.00. The minimum Gasteiger partial charge on any atom is -0.414 e. The fraction of sp³-hybridized carbons (Fsp3) is 0.289. The number of aromatic amines is 1. The molecule has 0 aromatic carbocycles. The van der Waals surface area contributed by atoms with Crippen molar-refractivity contribution in [1.82, 2.24) is 9.97 Å². The molecule has 0 aliphatic heterocycles. The minimum atomic E-state index is -0.393. The summed E-state index contributed by atoms with van der Waals surface area (Å²) in [7, 11) is 19.8. The van der Waals surface area contributed by atoms with Gasteiger partial charge in [-0.05, 0) is 45.2 Å². The van der Waals surface area contributed by atoms with Crippen molar-refractivity contribution >= 4 is 35.4 Å². The van der Waals surface area contributed by atoms with E-state index in [1.807, 2.05) is 0 Å². The van der Waals surface area contributed by atoms with Crippen LogP contribution in [-0.2, 0) is 35.2 Å². The number of carbonyl (C=O) groups excluding carboxylic acids is 6. The number of hydrogen-bond donors (Lipinski definition) is 12. The number of hydrogen-bond acceptors (Lipinski definition) is 12. The monoisotopic (exact) mass is 807 g/mol. The SMILES string of the molecule is C=C(CCCN)C(=O)[NH2+][CH2-].C=C(CCN)C(=O)[NH2+][CH2-].C=C(CN)C(=O)[NH2+][CH2-].C=C(CO)C(=O)[NH2+][CH2-].C=C(Cc1cnc[nH]1)C(=O)[NH2+][CH2-].C=CCCC(N)C(=O)[NH2+][CH2-]. The van der Waals surface area contributed by atoms with Crippen LogP contribution >= 0.6 is 0 Å². The van der Waals surface area contributed by atoms with Crippen LogP contribution in [0, 0.1) is 42.3 Å². The van der Waals surface area contributed by atoms with Gasteiger partial charge in [0.05, 0.1) is 29.7 Å². The van der Waals surface area contributed by atoms with Gasteiger partial charge in [-0.1, -0.05) is 39.0 Å². The molecule has 57 heavy (non-hydrogen) atoms. The highest BCUT2D eigenvalue weighted by atomic mass is 16.3. The van der Waals surface area contributed by atoms with Gasteiger partial charge in [-0.25, -0.2) is 33.8 Å². The number of nitrogens with two attached hydrogens (primary N) is 10. The number of carbonyl (C=O) groups is 6. The molecule has 0 radical (unpaired) electrons. The van der Waals surface area contributed by atoms with Crippen LogP contribution in [-0.4, -0.2) is 82.8 Å². The molecule has 6 amide bonds. The summed E-state index contributed by atoms with van der Waals surface area (Å²) in [6.45, 7) is 21.9. The van der Waals surface area contributed by atoms with Crippen LogP contribution in [0.25, 0.3) is 0 Å². The molecule has 0 spiro atoms. The zero-order valence-corrected chi connectivity index (χ0v) is 33.5. The van der Waals surface area contributed by atoms with Crippen molar-refractivity contribution < 1.29 is 65.8 Å². The molecule has 324 valence electrons. The number of quaternary nitrogens is 6. The number of aliphatic hydroxyl groups is 1. The fourth-order valence-corrected chi connectivity index (χ4v) is 2.93. The van der Waals surface area contributed by atoms with Crippen molar-refractivity contribution in [3.63, 3.8) is 0 Å². The van der Waals surface area contributed by atoms with Gasteiger partial charge < -0.3 is 64.9 Å². The van der Waals surface area contributed by atoms with Crippen molar-refractivity contribution in [3.8, 4) is 0 Å². The predicted molar refractivity (Wildman–Crippen MR) is 217 cm³/mol. The average Bonchev–Trinajstić information content (AvgIpc) is 3.76. The molecule has 0 saturated heterocycles. The number of amides is 6. The lowest BCUT2D eigenvalue weighted by Crippen LogP contribution is -2.85. The third-order valence-electron chi connectivity index (χ3n) is 6.44. The Balaban J connectivity index is -0.000000191. The van der Waals surface area contributed by atoms with Gasteiger partial charge in [0.1, 0.15) is 6.04 Å². The van der Waals surface area contributed by atoms with Crippen molar-refractivity contribution in [2.24, 2.45) is 22.9 Å². The quantitative estimate of drug-likeness (QED) is 0.0374. The second kappa shape index (κ2) is 42.4. The predicted octanol–water partition coefficient (Wildman–Crippen LogP) is -6.71. The molecule has 0 bridgehead atoms. The number of nitrogens with zero attached hydrogens (tertiary/aromatic N) is 1. The molecule has 1 aromatic heterocycles. The molecule has 1 unspecified atom stereocenters. The Hall–Kier alpha value is -4.77. The van der Waals surface area contributed by atoms with Crippen LogP contribution in [0.3, 0.4) is 0 Å². The summed E-state index contributed by atoms with van der Waals surface area (Å²) < 4.78 is 0. The number of aliphatic hydroxyl groups excluding tert-OH is 1. The lowest BCUT2D eigenvalue weighted by molar-refractivity contribution is -0.508. The molecule has 22 N–H and O–H groups in total. The molecule has 0 aliphatic carbocycles. The average molecular weight is 807 g/mol. The first-order valence-electron chi connectivity index (χ1n) is 17.3. The summed E-state index contributed by atoms with van der Waals surface area (Å²) in [5, 5.41) is 15.6. The maximum Gasteiger partial charge on any atom is 0.314 e. The Kier molecular flexibility index (Phi) is 45.7. The van der Waals surface area contributed by atoms with Crippen LogP contribution in [0.1, 0.15) is 37.8 Å². The summed E-state index contributed by atoms with van der Waals surface area (Å²) in [6.07, 6.45) is 8.99. The van der Waals surface area contributed by atoms with Gasteiger partial charge in [0.15, 0.2) is 0 Å². The molecule has 19 heteroatoms. The molecular formula is C38H70N12O7. The van der Waals surface area contributed by atoms with Gasteiger partial charge in [0, 0.05) is 36.0 Å². The van der Waals surface area contributed by atoms with Crippen molar-refractivity contribution in [1.29, 1.82) is 0 Å². The second-order valence-corrected chi connectivity index (χ2v) is 11.0. The third kappa shape index (κ3) is 37.9. The summed E-state index contributed by atoms with van der Waals surface area (Å²) in [5.74, 6) is -0.875. The maximum absolute atomic E-state index is 11.0. The number of primary amides is 6. The van der Waals surface area contributed by atoms with Gasteiger partial charge in [-0.15, -0.1) is 48.9 Å². The molecule has 19 nitrogen and oxygen atoms in total. The summed E-state index contributed by atoms with van der Waals surface area (Å²) >= 11 is 0. The second-order valence-electron chi connectivity index (χ2n) is 11.0. The Morgan fingerprint density at radius 2 is 1.14 bits per heavy atom. The van der Waals surface area contributed by atoms with E-state index in [9.17, 15) is 28.8 Å². The van der Waals surface area contributed by atoms with E-state index >= 15 is 0 Å². The van der Waals surface area contributed by atoms with Crippen molar-refractivity contribution in [3.05, 3.63) is 134 Å². The van der Waals surface area contributed by atoms with Crippen LogP contribution in [0.15, 0.2) is 85.9 Å². The zero-order chi connectivity index (χ0) is 45.4. The molecule has 1 rings (SSSR count). The highest BCUT2D eigenvalue weighted by Gasteiger charge is 2.11. The van der Waals surface area contributed by atoms with Crippen molar-refractivity contribution in [2.45, 2.75) is 44.6 Å². The fourth-order valence-electron chi connectivity index (χ4n) is 2.93. The van der Waals surface area contributed by atoms with E-state index in [4.69, 9.17) is 28.0 Å². The number of H-pyrrole nitrogens is 1. The summed E-state index contributed by atoms with van der Waals surface area (Å²) in [6, 6.07) is -0.393. The molecule has 0 fully saturated rings. The van der Waals surface area contributed by atoms with E-state index < -0.39 is 6.04 Å². The Morgan fingerprint density at radius 3 is 1.46 bits per heavy atom. The number of allylic oxidation sites excluding steroid dienone is 1. The van der Waals surface area contributed by atoms with E-state index in [2.05, 4.69) is 91.7 Å². The van der Waals surface area contributed by atoms with Crippen molar-refractivity contribution in [2.75, 3.05) is 26.2 Å². The lowest BCUT2D eigenvalue weighted by Gasteiger charge is -2.05. The normalized spacial score (nSPS) is 9.81. The summed E-state index contributed by atoms with van der Waals surface area (Å²) in [4.78, 5) is 70.6. The van der Waals surface area contributed by atoms with E-state index in [0.29, 0.717) is 61.1 Å². The van der Waals surface area contributed by atoms with Gasteiger partial charge in [-0.3, -0.25) is 0 Å². The van der Waals surface area contributed by atoms with Gasteiger partial charge in [-0.2, -0.15) is 0 Å². The smallest absolute Gasteiger partial charge is 0.314 e. The maximum atomic E-state index is 11.0. The van der Waals surface area contributed by atoms with E-state index in [0.717, 1.165) is 23.9 Å². The molecule has 1 atom stereocenters. The number of rotatable bonds is 18. The summed E-state index contributed by atoms with van der Waals surface area (Å²) in [5.41, 5.74) is 24.1. The molecule has 1 heterocycles. The first kappa shape index (κ1) is 61.5. The number of nitrogens with one attached hydrogen (secondary N) is 1. The van der Waals surface area contributed by atoms with Crippen LogP contribution in [0.2, 0.25) is 0 Å². The number of aromatic nitrogens is 2.